The summed E-state index contributed by atoms with van der Waals surface area (Å²) in [5.74, 6) is 0.805. The maximum atomic E-state index is 5.61. The molecule has 0 aromatic heterocycles. The molecule has 5 heteroatoms. The second-order valence-corrected chi connectivity index (χ2v) is 6.73. The van der Waals surface area contributed by atoms with Gasteiger partial charge in [-0.05, 0) is 49.3 Å². The first-order valence-electron chi connectivity index (χ1n) is 8.60. The first-order chi connectivity index (χ1) is 12.1. The third-order valence-corrected chi connectivity index (χ3v) is 5.03. The predicted molar refractivity (Wildman–Crippen MR) is 109 cm³/mol. The number of aryl methyl sites for hydroxylation is 2. The Hall–Kier alpha value is -2.27. The molecule has 4 nitrogen and oxygen atoms in total. The molecule has 0 unspecified atom stereocenters. The summed E-state index contributed by atoms with van der Waals surface area (Å²) < 4.78 is 5.39. The molecule has 2 aromatic rings. The van der Waals surface area contributed by atoms with Gasteiger partial charge >= 0.3 is 0 Å². The third-order valence-electron chi connectivity index (χ3n) is 4.67. The van der Waals surface area contributed by atoms with Gasteiger partial charge in [-0.2, -0.15) is 0 Å². The van der Waals surface area contributed by atoms with Gasteiger partial charge in [-0.1, -0.05) is 30.3 Å². The van der Waals surface area contributed by atoms with E-state index in [2.05, 4.69) is 47.2 Å². The van der Waals surface area contributed by atoms with Crippen molar-refractivity contribution in [1.29, 1.82) is 0 Å². The van der Waals surface area contributed by atoms with Crippen LogP contribution >= 0.6 is 12.2 Å². The maximum Gasteiger partial charge on any atom is 0.173 e. The molecule has 1 saturated heterocycles. The van der Waals surface area contributed by atoms with Crippen LogP contribution in [0.4, 0.5) is 11.4 Å². The van der Waals surface area contributed by atoms with E-state index in [9.17, 15) is 0 Å². The SMILES string of the molecule is COc1ccccc1NC(=S)N1CCN(c2c(C)cccc2C)CC1. The summed E-state index contributed by atoms with van der Waals surface area (Å²) in [7, 11) is 1.67. The Bertz CT molecular complexity index is 734. The van der Waals surface area contributed by atoms with E-state index < -0.39 is 0 Å². The van der Waals surface area contributed by atoms with E-state index in [4.69, 9.17) is 17.0 Å². The molecule has 0 atom stereocenters. The number of methoxy groups -OCH3 is 1. The molecule has 0 aliphatic carbocycles. The Kier molecular flexibility index (Phi) is 5.43. The Balaban J connectivity index is 1.63. The molecule has 1 aliphatic rings. The zero-order valence-electron chi connectivity index (χ0n) is 15.1. The number of nitrogens with zero attached hydrogens (tertiary/aromatic N) is 2. The van der Waals surface area contributed by atoms with E-state index in [0.717, 1.165) is 42.7 Å². The summed E-state index contributed by atoms with van der Waals surface area (Å²) >= 11 is 5.61. The average Bonchev–Trinajstić information content (AvgIpc) is 2.62. The van der Waals surface area contributed by atoms with Gasteiger partial charge in [-0.15, -0.1) is 0 Å². The van der Waals surface area contributed by atoms with E-state index >= 15 is 0 Å². The van der Waals surface area contributed by atoms with Crippen LogP contribution in [0.3, 0.4) is 0 Å². The lowest BCUT2D eigenvalue weighted by Crippen LogP contribution is -2.50. The third kappa shape index (κ3) is 3.87. The topological polar surface area (TPSA) is 27.7 Å². The fraction of sp³-hybridized carbons (Fsp3) is 0.350. The van der Waals surface area contributed by atoms with Crippen LogP contribution in [0.1, 0.15) is 11.1 Å². The molecule has 25 heavy (non-hydrogen) atoms. The Morgan fingerprint density at radius 3 is 2.24 bits per heavy atom. The van der Waals surface area contributed by atoms with Crippen molar-refractivity contribution >= 4 is 28.7 Å². The van der Waals surface area contributed by atoms with Gasteiger partial charge < -0.3 is 19.9 Å². The molecule has 132 valence electrons. The summed E-state index contributed by atoms with van der Waals surface area (Å²) in [5, 5.41) is 4.08. The predicted octanol–water partition coefficient (Wildman–Crippen LogP) is 3.83. The molecule has 0 spiro atoms. The van der Waals surface area contributed by atoms with Gasteiger partial charge in [0.2, 0.25) is 0 Å². The highest BCUT2D eigenvalue weighted by Crippen LogP contribution is 2.26. The molecule has 0 amide bonds. The Morgan fingerprint density at radius 1 is 0.960 bits per heavy atom. The quantitative estimate of drug-likeness (QED) is 0.845. The van der Waals surface area contributed by atoms with Gasteiger partial charge in [0.25, 0.3) is 0 Å². The van der Waals surface area contributed by atoms with Crippen molar-refractivity contribution in [1.82, 2.24) is 4.90 Å². The Labute approximate surface area is 155 Å². The fourth-order valence-corrected chi connectivity index (χ4v) is 3.67. The second-order valence-electron chi connectivity index (χ2n) is 6.34. The number of ether oxygens (including phenoxy) is 1. The van der Waals surface area contributed by atoms with Crippen LogP contribution < -0.4 is 15.0 Å². The number of thiocarbonyl (C=S) groups is 1. The van der Waals surface area contributed by atoms with Crippen LogP contribution in [-0.2, 0) is 0 Å². The summed E-state index contributed by atoms with van der Waals surface area (Å²) in [6.07, 6.45) is 0. The minimum atomic E-state index is 0.755. The van der Waals surface area contributed by atoms with Crippen molar-refractivity contribution in [3.8, 4) is 5.75 Å². The van der Waals surface area contributed by atoms with Gasteiger partial charge in [0.05, 0.1) is 12.8 Å². The van der Waals surface area contributed by atoms with Crippen LogP contribution in [0, 0.1) is 13.8 Å². The molecular weight excluding hydrogens is 330 g/mol. The summed E-state index contributed by atoms with van der Waals surface area (Å²) in [5.41, 5.74) is 4.95. The zero-order valence-corrected chi connectivity index (χ0v) is 15.9. The van der Waals surface area contributed by atoms with Gasteiger partial charge in [-0.3, -0.25) is 0 Å². The number of hydrogen-bond donors (Lipinski definition) is 1. The standard InChI is InChI=1S/C20H25N3OS/c1-15-7-6-8-16(2)19(15)22-11-13-23(14-12-22)20(25)21-17-9-4-5-10-18(17)24-3/h4-10H,11-14H2,1-3H3,(H,21,25). The summed E-state index contributed by atoms with van der Waals surface area (Å²) in [6, 6.07) is 14.3. The maximum absolute atomic E-state index is 5.61. The van der Waals surface area contributed by atoms with Crippen LogP contribution in [-0.4, -0.2) is 43.3 Å². The van der Waals surface area contributed by atoms with Crippen LogP contribution in [0.2, 0.25) is 0 Å². The lowest BCUT2D eigenvalue weighted by molar-refractivity contribution is 0.389. The van der Waals surface area contributed by atoms with Crippen molar-refractivity contribution in [2.45, 2.75) is 13.8 Å². The minimum absolute atomic E-state index is 0.755. The molecule has 0 radical (unpaired) electrons. The van der Waals surface area contributed by atoms with E-state index in [0.29, 0.717) is 0 Å². The molecule has 0 bridgehead atoms. The van der Waals surface area contributed by atoms with Gasteiger partial charge in [0, 0.05) is 31.9 Å². The van der Waals surface area contributed by atoms with Gasteiger partial charge in [-0.25, -0.2) is 0 Å². The number of para-hydroxylation sites is 3. The normalized spacial score (nSPS) is 14.4. The lowest BCUT2D eigenvalue weighted by atomic mass is 10.1. The average molecular weight is 356 g/mol. The van der Waals surface area contributed by atoms with Crippen LogP contribution in [0.25, 0.3) is 0 Å². The van der Waals surface area contributed by atoms with Gasteiger partial charge in [0.15, 0.2) is 5.11 Å². The van der Waals surface area contributed by atoms with E-state index in [1.54, 1.807) is 7.11 Å². The minimum Gasteiger partial charge on any atom is -0.495 e. The number of hydrogen-bond acceptors (Lipinski definition) is 3. The highest BCUT2D eigenvalue weighted by molar-refractivity contribution is 7.80. The molecule has 2 aromatic carbocycles. The van der Waals surface area contributed by atoms with E-state index in [-0.39, 0.29) is 0 Å². The number of anilines is 2. The smallest absolute Gasteiger partial charge is 0.173 e. The molecule has 1 aliphatic heterocycles. The number of benzene rings is 2. The largest absolute Gasteiger partial charge is 0.495 e. The first kappa shape index (κ1) is 17.5. The molecule has 0 saturated carbocycles. The molecular formula is C20H25N3OS. The van der Waals surface area contributed by atoms with Crippen molar-refractivity contribution in [3.63, 3.8) is 0 Å². The molecule has 1 heterocycles. The highest BCUT2D eigenvalue weighted by Gasteiger charge is 2.21. The fourth-order valence-electron chi connectivity index (χ4n) is 3.38. The molecule has 3 rings (SSSR count). The van der Waals surface area contributed by atoms with E-state index in [1.165, 1.54) is 16.8 Å². The van der Waals surface area contributed by atoms with Crippen LogP contribution in [0.5, 0.6) is 5.75 Å². The first-order valence-corrected chi connectivity index (χ1v) is 9.01. The monoisotopic (exact) mass is 355 g/mol. The van der Waals surface area contributed by atoms with Crippen molar-refractivity contribution in [2.75, 3.05) is 43.5 Å². The van der Waals surface area contributed by atoms with Crippen molar-refractivity contribution < 1.29 is 4.74 Å². The van der Waals surface area contributed by atoms with E-state index in [1.807, 2.05) is 24.3 Å². The van der Waals surface area contributed by atoms with Crippen molar-refractivity contribution in [3.05, 3.63) is 53.6 Å². The second kappa shape index (κ2) is 7.74. The number of nitrogens with one attached hydrogen (secondary N) is 1. The highest BCUT2D eigenvalue weighted by atomic mass is 32.1. The van der Waals surface area contributed by atoms with Crippen LogP contribution in [0.15, 0.2) is 42.5 Å². The van der Waals surface area contributed by atoms with Gasteiger partial charge in [0.1, 0.15) is 5.75 Å². The number of rotatable bonds is 3. The Morgan fingerprint density at radius 2 is 1.60 bits per heavy atom. The van der Waals surface area contributed by atoms with Crippen molar-refractivity contribution in [2.24, 2.45) is 0 Å². The molecule has 1 N–H and O–H groups in total. The zero-order chi connectivity index (χ0) is 17.8. The summed E-state index contributed by atoms with van der Waals surface area (Å²) in [4.78, 5) is 4.69. The number of piperazine rings is 1. The lowest BCUT2D eigenvalue weighted by Gasteiger charge is -2.38. The summed E-state index contributed by atoms with van der Waals surface area (Å²) in [6.45, 7) is 8.13. The molecule has 1 fully saturated rings.